The van der Waals surface area contributed by atoms with Gasteiger partial charge in [0.05, 0.1) is 19.1 Å². The summed E-state index contributed by atoms with van der Waals surface area (Å²) < 4.78 is 32.0. The summed E-state index contributed by atoms with van der Waals surface area (Å²) >= 11 is 6.07. The molecule has 2 aromatic rings. The van der Waals surface area contributed by atoms with Crippen LogP contribution < -0.4 is 14.4 Å². The molecule has 2 amide bonds. The second-order valence-electron chi connectivity index (χ2n) is 9.49. The lowest BCUT2D eigenvalue weighted by atomic mass is 10.1. The van der Waals surface area contributed by atoms with E-state index in [-0.39, 0.29) is 18.5 Å². The van der Waals surface area contributed by atoms with Gasteiger partial charge in [-0.2, -0.15) is 0 Å². The number of rotatable bonds is 11. The van der Waals surface area contributed by atoms with Crippen molar-refractivity contribution in [2.24, 2.45) is 0 Å². The molecule has 1 aliphatic carbocycles. The predicted molar refractivity (Wildman–Crippen MR) is 146 cm³/mol. The molecule has 3 rings (SSSR count). The minimum Gasteiger partial charge on any atom is -0.497 e. The summed E-state index contributed by atoms with van der Waals surface area (Å²) in [6.45, 7) is 3.27. The fourth-order valence-corrected chi connectivity index (χ4v) is 5.88. The van der Waals surface area contributed by atoms with Gasteiger partial charge in [0.1, 0.15) is 18.3 Å². The summed E-state index contributed by atoms with van der Waals surface area (Å²) in [5.74, 6) is -0.0712. The van der Waals surface area contributed by atoms with Crippen LogP contribution >= 0.6 is 11.6 Å². The maximum absolute atomic E-state index is 13.8. The standard InChI is InChI=1S/C27H36ClN3O5S/c1-5-24(27(33)29-22-10-6-7-11-22)30(17-20-9-8-12-23(16-20)36-3)26(32)18-31(37(4,34)35)25-14-13-21(28)15-19(25)2/h8-9,12-16,22,24H,5-7,10-11,17-18H2,1-4H3,(H,29,33). The maximum atomic E-state index is 13.8. The molecule has 202 valence electrons. The highest BCUT2D eigenvalue weighted by atomic mass is 35.5. The number of carbonyl (C=O) groups is 2. The highest BCUT2D eigenvalue weighted by Gasteiger charge is 2.33. The Kier molecular flexibility index (Phi) is 9.84. The number of aryl methyl sites for hydroxylation is 1. The molecule has 1 fully saturated rings. The Labute approximate surface area is 225 Å². The van der Waals surface area contributed by atoms with Gasteiger partial charge in [-0.15, -0.1) is 0 Å². The molecule has 2 aromatic carbocycles. The smallest absolute Gasteiger partial charge is 0.244 e. The number of carbonyl (C=O) groups excluding carboxylic acids is 2. The lowest BCUT2D eigenvalue weighted by Gasteiger charge is -2.33. The van der Waals surface area contributed by atoms with Crippen LogP contribution in [0.2, 0.25) is 5.02 Å². The number of anilines is 1. The number of nitrogens with one attached hydrogen (secondary N) is 1. The summed E-state index contributed by atoms with van der Waals surface area (Å²) in [6.07, 6.45) is 5.42. The zero-order chi connectivity index (χ0) is 27.2. The van der Waals surface area contributed by atoms with E-state index in [9.17, 15) is 18.0 Å². The monoisotopic (exact) mass is 549 g/mol. The van der Waals surface area contributed by atoms with E-state index in [0.29, 0.717) is 28.4 Å². The molecule has 0 spiro atoms. The normalized spacial score (nSPS) is 14.7. The van der Waals surface area contributed by atoms with Gasteiger partial charge in [0.15, 0.2) is 0 Å². The Balaban J connectivity index is 1.95. The molecule has 0 saturated heterocycles. The van der Waals surface area contributed by atoms with Crippen LogP contribution in [-0.2, 0) is 26.2 Å². The molecule has 1 aliphatic rings. The van der Waals surface area contributed by atoms with Gasteiger partial charge in [0.25, 0.3) is 0 Å². The number of amides is 2. The topological polar surface area (TPSA) is 96.0 Å². The van der Waals surface area contributed by atoms with Gasteiger partial charge < -0.3 is 15.0 Å². The van der Waals surface area contributed by atoms with Crippen molar-refractivity contribution >= 4 is 39.1 Å². The van der Waals surface area contributed by atoms with Crippen LogP contribution in [0.3, 0.4) is 0 Å². The maximum Gasteiger partial charge on any atom is 0.244 e. The molecule has 1 atom stereocenters. The number of nitrogens with zero attached hydrogens (tertiary/aromatic N) is 2. The first-order chi connectivity index (χ1) is 17.5. The molecule has 10 heteroatoms. The van der Waals surface area contributed by atoms with Crippen molar-refractivity contribution in [3.8, 4) is 5.75 Å². The molecule has 1 unspecified atom stereocenters. The van der Waals surface area contributed by atoms with Crippen molar-refractivity contribution < 1.29 is 22.7 Å². The molecule has 0 aromatic heterocycles. The Bertz CT molecular complexity index is 1210. The van der Waals surface area contributed by atoms with Crippen LogP contribution in [0.4, 0.5) is 5.69 Å². The third-order valence-corrected chi connectivity index (χ3v) is 8.04. The van der Waals surface area contributed by atoms with Crippen LogP contribution in [0.25, 0.3) is 0 Å². The van der Waals surface area contributed by atoms with Crippen molar-refractivity contribution in [3.63, 3.8) is 0 Å². The highest BCUT2D eigenvalue weighted by molar-refractivity contribution is 7.92. The second kappa shape index (κ2) is 12.6. The first-order valence-electron chi connectivity index (χ1n) is 12.5. The molecular weight excluding hydrogens is 514 g/mol. The molecular formula is C27H36ClN3O5S. The largest absolute Gasteiger partial charge is 0.497 e. The first kappa shape index (κ1) is 28.8. The Hall–Kier alpha value is -2.78. The SMILES string of the molecule is CCC(C(=O)NC1CCCC1)N(Cc1cccc(OC)c1)C(=O)CN(c1ccc(Cl)cc1C)S(C)(=O)=O. The van der Waals surface area contributed by atoms with E-state index in [2.05, 4.69) is 5.32 Å². The lowest BCUT2D eigenvalue weighted by Crippen LogP contribution is -2.53. The molecule has 1 N–H and O–H groups in total. The van der Waals surface area contributed by atoms with Crippen LogP contribution in [0.1, 0.15) is 50.2 Å². The third kappa shape index (κ3) is 7.61. The van der Waals surface area contributed by atoms with Crippen molar-refractivity contribution in [2.45, 2.75) is 64.6 Å². The van der Waals surface area contributed by atoms with Crippen molar-refractivity contribution in [1.29, 1.82) is 0 Å². The summed E-state index contributed by atoms with van der Waals surface area (Å²) in [5, 5.41) is 3.57. The number of halogens is 1. The Morgan fingerprint density at radius 1 is 1.16 bits per heavy atom. The van der Waals surface area contributed by atoms with E-state index in [1.54, 1.807) is 44.4 Å². The first-order valence-corrected chi connectivity index (χ1v) is 14.7. The Morgan fingerprint density at radius 2 is 1.86 bits per heavy atom. The number of sulfonamides is 1. The van der Waals surface area contributed by atoms with Crippen molar-refractivity contribution in [2.75, 3.05) is 24.2 Å². The number of ether oxygens (including phenoxy) is 1. The van der Waals surface area contributed by atoms with Crippen LogP contribution in [-0.4, -0.2) is 57.1 Å². The quantitative estimate of drug-likeness (QED) is 0.451. The fourth-order valence-electron chi connectivity index (χ4n) is 4.75. The number of hydrogen-bond donors (Lipinski definition) is 1. The van der Waals surface area contributed by atoms with E-state index >= 15 is 0 Å². The van der Waals surface area contributed by atoms with Crippen molar-refractivity contribution in [3.05, 3.63) is 58.6 Å². The third-order valence-electron chi connectivity index (χ3n) is 6.68. The predicted octanol–water partition coefficient (Wildman–Crippen LogP) is 4.29. The summed E-state index contributed by atoms with van der Waals surface area (Å²) in [4.78, 5) is 28.7. The molecule has 0 heterocycles. The minimum atomic E-state index is -3.81. The molecule has 0 radical (unpaired) electrons. The Morgan fingerprint density at radius 3 is 2.46 bits per heavy atom. The van der Waals surface area contributed by atoms with Crippen LogP contribution in [0, 0.1) is 6.92 Å². The van der Waals surface area contributed by atoms with Gasteiger partial charge in [-0.1, -0.05) is 43.5 Å². The van der Waals surface area contributed by atoms with E-state index in [4.69, 9.17) is 16.3 Å². The fraction of sp³-hybridized carbons (Fsp3) is 0.481. The average Bonchev–Trinajstić information content (AvgIpc) is 3.35. The van der Waals surface area contributed by atoms with E-state index in [0.717, 1.165) is 41.8 Å². The average molecular weight is 550 g/mol. The van der Waals surface area contributed by atoms with E-state index in [1.165, 1.54) is 4.90 Å². The van der Waals surface area contributed by atoms with Gasteiger partial charge in [0, 0.05) is 17.6 Å². The van der Waals surface area contributed by atoms with Gasteiger partial charge >= 0.3 is 0 Å². The highest BCUT2D eigenvalue weighted by Crippen LogP contribution is 2.27. The molecule has 8 nitrogen and oxygen atoms in total. The molecule has 0 bridgehead atoms. The number of benzene rings is 2. The second-order valence-corrected chi connectivity index (χ2v) is 11.8. The van der Waals surface area contributed by atoms with Gasteiger partial charge in [-0.3, -0.25) is 13.9 Å². The summed E-state index contributed by atoms with van der Waals surface area (Å²) in [6, 6.07) is 11.4. The van der Waals surface area contributed by atoms with Gasteiger partial charge in [-0.25, -0.2) is 8.42 Å². The van der Waals surface area contributed by atoms with Crippen LogP contribution in [0.15, 0.2) is 42.5 Å². The minimum absolute atomic E-state index is 0.0968. The van der Waals surface area contributed by atoms with Crippen molar-refractivity contribution in [1.82, 2.24) is 10.2 Å². The zero-order valence-electron chi connectivity index (χ0n) is 21.9. The van der Waals surface area contributed by atoms with Crippen LogP contribution in [0.5, 0.6) is 5.75 Å². The zero-order valence-corrected chi connectivity index (χ0v) is 23.4. The number of methoxy groups -OCH3 is 1. The van der Waals surface area contributed by atoms with Gasteiger partial charge in [-0.05, 0) is 67.6 Å². The van der Waals surface area contributed by atoms with E-state index in [1.807, 2.05) is 19.1 Å². The number of hydrogen-bond acceptors (Lipinski definition) is 5. The summed E-state index contributed by atoms with van der Waals surface area (Å²) in [5.41, 5.74) is 1.76. The molecule has 1 saturated carbocycles. The molecule has 0 aliphatic heterocycles. The summed E-state index contributed by atoms with van der Waals surface area (Å²) in [7, 11) is -2.25. The van der Waals surface area contributed by atoms with Gasteiger partial charge in [0.2, 0.25) is 21.8 Å². The molecule has 37 heavy (non-hydrogen) atoms. The lowest BCUT2D eigenvalue weighted by molar-refractivity contribution is -0.140. The van der Waals surface area contributed by atoms with E-state index < -0.39 is 28.5 Å².